The Morgan fingerprint density at radius 1 is 1.10 bits per heavy atom. The molecule has 174 valence electrons. The van der Waals surface area contributed by atoms with Gasteiger partial charge in [0.05, 0.1) is 0 Å². The molecule has 3 aliphatic carbocycles. The Morgan fingerprint density at radius 3 is 2.48 bits per heavy atom. The van der Waals surface area contributed by atoms with Crippen molar-refractivity contribution in [3.05, 3.63) is 11.8 Å². The van der Waals surface area contributed by atoms with Crippen LogP contribution in [0.1, 0.15) is 93.4 Å². The first kappa shape index (κ1) is 22.9. The van der Waals surface area contributed by atoms with E-state index in [2.05, 4.69) is 59.1 Å². The summed E-state index contributed by atoms with van der Waals surface area (Å²) in [5.74, 6) is 2.50. The van der Waals surface area contributed by atoms with Crippen LogP contribution in [0.3, 0.4) is 0 Å². The Morgan fingerprint density at radius 2 is 1.81 bits per heavy atom. The van der Waals surface area contributed by atoms with Crippen molar-refractivity contribution in [3.63, 3.8) is 0 Å². The van der Waals surface area contributed by atoms with E-state index in [-0.39, 0.29) is 39.4 Å². The summed E-state index contributed by atoms with van der Waals surface area (Å²) in [4.78, 5) is 25.5. The van der Waals surface area contributed by atoms with Crippen molar-refractivity contribution in [2.24, 2.45) is 39.9 Å². The van der Waals surface area contributed by atoms with Gasteiger partial charge < -0.3 is 10.6 Å². The van der Waals surface area contributed by atoms with Crippen LogP contribution in [-0.2, 0) is 9.59 Å². The summed E-state index contributed by atoms with van der Waals surface area (Å²) in [7, 11) is 0. The van der Waals surface area contributed by atoms with E-state index in [9.17, 15) is 9.59 Å². The highest BCUT2D eigenvalue weighted by atomic mass is 16.2. The van der Waals surface area contributed by atoms with E-state index < -0.39 is 0 Å². The first-order valence-electron chi connectivity index (χ1n) is 12.6. The first-order chi connectivity index (χ1) is 14.3. The van der Waals surface area contributed by atoms with Crippen molar-refractivity contribution < 1.29 is 9.59 Å². The van der Waals surface area contributed by atoms with E-state index in [4.69, 9.17) is 0 Å². The number of rotatable bonds is 3. The summed E-state index contributed by atoms with van der Waals surface area (Å²) in [6, 6.07) is 0. The molecular weight excluding hydrogens is 384 g/mol. The molecule has 0 aromatic heterocycles. The minimum Gasteiger partial charge on any atom is -0.387 e. The maximum atomic E-state index is 13.5. The molecule has 0 bridgehead atoms. The highest BCUT2D eigenvalue weighted by molar-refractivity contribution is 5.91. The molecule has 1 saturated heterocycles. The fourth-order valence-electron chi connectivity index (χ4n) is 8.37. The summed E-state index contributed by atoms with van der Waals surface area (Å²) in [6.45, 7) is 16.8. The van der Waals surface area contributed by atoms with Gasteiger partial charge in [-0.3, -0.25) is 9.59 Å². The molecule has 4 aliphatic rings. The third kappa shape index (κ3) is 3.97. The molecule has 0 aromatic carbocycles. The van der Waals surface area contributed by atoms with Crippen molar-refractivity contribution in [1.82, 2.24) is 10.6 Å². The van der Waals surface area contributed by atoms with Gasteiger partial charge in [0.15, 0.2) is 5.78 Å². The van der Waals surface area contributed by atoms with Gasteiger partial charge in [-0.1, -0.05) is 34.6 Å². The molecule has 1 heterocycles. The molecule has 0 spiro atoms. The molecule has 2 N–H and O–H groups in total. The standard InChI is InChI=1S/C27H44N2O2/c1-24(2,3)16-25(4,5)29-23(31)21-9-8-19-18-15-28-22-14-17(30)10-12-27(22,7)20(18)11-13-26(19,21)6/h14,18-21,28H,8-13,15-16H2,1-7H3,(H,29,31)/t18-,19-,20-,21+,26-,27+/m0/s1. The number of ketones is 1. The minimum absolute atomic E-state index is 0.0901. The lowest BCUT2D eigenvalue weighted by atomic mass is 9.50. The second-order valence-corrected chi connectivity index (χ2v) is 13.5. The largest absolute Gasteiger partial charge is 0.387 e. The number of hydrogen-bond acceptors (Lipinski definition) is 3. The number of carbonyl (C=O) groups is 2. The SMILES string of the molecule is CC(C)(C)CC(C)(C)NC(=O)[C@H]1CC[C@H]2[C@@H]3CNC4=CC(=O)CC[C@]4(C)[C@H]3CC[C@]12C. The van der Waals surface area contributed by atoms with Crippen molar-refractivity contribution in [2.45, 2.75) is 99.0 Å². The average molecular weight is 429 g/mol. The van der Waals surface area contributed by atoms with Gasteiger partial charge in [0.1, 0.15) is 0 Å². The molecule has 2 saturated carbocycles. The number of nitrogens with one attached hydrogen (secondary N) is 2. The van der Waals surface area contributed by atoms with E-state index in [0.29, 0.717) is 24.2 Å². The van der Waals surface area contributed by atoms with Gasteiger partial charge in [0.25, 0.3) is 0 Å². The van der Waals surface area contributed by atoms with Crippen LogP contribution in [0.2, 0.25) is 0 Å². The zero-order valence-corrected chi connectivity index (χ0v) is 20.9. The van der Waals surface area contributed by atoms with Gasteiger partial charge in [0.2, 0.25) is 5.91 Å². The number of piperidine rings is 1. The fourth-order valence-corrected chi connectivity index (χ4v) is 8.37. The Labute approximate surface area is 189 Å². The zero-order valence-electron chi connectivity index (χ0n) is 20.9. The number of amides is 1. The van der Waals surface area contributed by atoms with E-state index in [1.807, 2.05) is 6.08 Å². The summed E-state index contributed by atoms with van der Waals surface area (Å²) in [5.41, 5.74) is 1.38. The molecule has 4 heteroatoms. The van der Waals surface area contributed by atoms with Gasteiger partial charge in [-0.2, -0.15) is 0 Å². The van der Waals surface area contributed by atoms with Gasteiger partial charge in [-0.25, -0.2) is 0 Å². The number of allylic oxidation sites excluding steroid dienone is 2. The summed E-state index contributed by atoms with van der Waals surface area (Å²) in [5, 5.41) is 7.11. The minimum atomic E-state index is -0.185. The first-order valence-corrected chi connectivity index (χ1v) is 12.6. The average Bonchev–Trinajstić information content (AvgIpc) is 2.97. The molecule has 0 radical (unpaired) electrons. The van der Waals surface area contributed by atoms with Gasteiger partial charge in [-0.05, 0) is 81.0 Å². The van der Waals surface area contributed by atoms with Gasteiger partial charge in [-0.15, -0.1) is 0 Å². The molecule has 1 aliphatic heterocycles. The predicted octanol–water partition coefficient (Wildman–Crippen LogP) is 5.23. The normalized spacial score (nSPS) is 40.2. The van der Waals surface area contributed by atoms with Crippen LogP contribution in [0, 0.1) is 39.9 Å². The summed E-state index contributed by atoms with van der Waals surface area (Å²) < 4.78 is 0. The van der Waals surface area contributed by atoms with Crippen LogP contribution in [0.5, 0.6) is 0 Å². The Bertz CT molecular complexity index is 792. The third-order valence-electron chi connectivity index (χ3n) is 9.35. The highest BCUT2D eigenvalue weighted by Gasteiger charge is 2.60. The summed E-state index contributed by atoms with van der Waals surface area (Å²) >= 11 is 0. The maximum absolute atomic E-state index is 13.5. The van der Waals surface area contributed by atoms with Crippen molar-refractivity contribution in [3.8, 4) is 0 Å². The van der Waals surface area contributed by atoms with E-state index in [1.54, 1.807) is 0 Å². The van der Waals surface area contributed by atoms with Gasteiger partial charge >= 0.3 is 0 Å². The Hall–Kier alpha value is -1.32. The molecule has 4 rings (SSSR count). The maximum Gasteiger partial charge on any atom is 0.224 e. The quantitative estimate of drug-likeness (QED) is 0.647. The van der Waals surface area contributed by atoms with Crippen LogP contribution in [0.25, 0.3) is 0 Å². The van der Waals surface area contributed by atoms with E-state index in [1.165, 1.54) is 12.1 Å². The molecule has 6 atom stereocenters. The lowest BCUT2D eigenvalue weighted by Gasteiger charge is -2.58. The van der Waals surface area contributed by atoms with E-state index >= 15 is 0 Å². The number of fused-ring (bicyclic) bond motifs is 5. The lowest BCUT2D eigenvalue weighted by Crippen LogP contribution is -2.58. The monoisotopic (exact) mass is 428 g/mol. The van der Waals surface area contributed by atoms with Crippen LogP contribution in [0.4, 0.5) is 0 Å². The second kappa shape index (κ2) is 7.35. The van der Waals surface area contributed by atoms with Crippen LogP contribution < -0.4 is 10.6 Å². The predicted molar refractivity (Wildman–Crippen MR) is 125 cm³/mol. The van der Waals surface area contributed by atoms with Gasteiger partial charge in [0, 0.05) is 41.6 Å². The number of hydrogen-bond donors (Lipinski definition) is 2. The molecule has 0 unspecified atom stereocenters. The Balaban J connectivity index is 1.52. The van der Waals surface area contributed by atoms with Crippen molar-refractivity contribution in [1.29, 1.82) is 0 Å². The lowest BCUT2D eigenvalue weighted by molar-refractivity contribution is -0.134. The molecule has 1 amide bonds. The highest BCUT2D eigenvalue weighted by Crippen LogP contribution is 2.64. The second-order valence-electron chi connectivity index (χ2n) is 13.5. The van der Waals surface area contributed by atoms with Crippen LogP contribution in [-0.4, -0.2) is 23.8 Å². The molecule has 3 fully saturated rings. The van der Waals surface area contributed by atoms with Crippen molar-refractivity contribution in [2.75, 3.05) is 6.54 Å². The molecule has 31 heavy (non-hydrogen) atoms. The fraction of sp³-hybridized carbons (Fsp3) is 0.852. The topological polar surface area (TPSA) is 58.2 Å². The van der Waals surface area contributed by atoms with Crippen LogP contribution in [0.15, 0.2) is 11.8 Å². The van der Waals surface area contributed by atoms with Crippen LogP contribution >= 0.6 is 0 Å². The van der Waals surface area contributed by atoms with E-state index in [0.717, 1.165) is 38.6 Å². The van der Waals surface area contributed by atoms with Crippen molar-refractivity contribution >= 4 is 11.7 Å². The Kier molecular flexibility index (Phi) is 5.42. The summed E-state index contributed by atoms with van der Waals surface area (Å²) in [6.07, 6.45) is 8.99. The molecule has 4 nitrogen and oxygen atoms in total. The smallest absolute Gasteiger partial charge is 0.224 e. The molecular formula is C27H44N2O2. The third-order valence-corrected chi connectivity index (χ3v) is 9.35. The number of carbonyl (C=O) groups excluding carboxylic acids is 2. The zero-order chi connectivity index (χ0) is 22.8. The molecule has 0 aromatic rings.